The molecule has 0 aromatic carbocycles. The van der Waals surface area contributed by atoms with Crippen LogP contribution in [0.2, 0.25) is 0 Å². The third-order valence-electron chi connectivity index (χ3n) is 4.01. The van der Waals surface area contributed by atoms with Crippen molar-refractivity contribution in [2.75, 3.05) is 20.3 Å². The van der Waals surface area contributed by atoms with Gasteiger partial charge in [0.1, 0.15) is 5.60 Å². The standard InChI is InChI=1S/C17H25NO5/c1-6-11-7-8-22-14-12(9-11)10-18(13(14)15(19)21-5)16(20)23-17(2,3)4/h6-7,12-14H,1,8-10H2,2-5H3/t12-,13?,14?/m0/s1. The summed E-state index contributed by atoms with van der Waals surface area (Å²) in [5.74, 6) is -0.469. The van der Waals surface area contributed by atoms with E-state index in [0.717, 1.165) is 5.57 Å². The van der Waals surface area contributed by atoms with E-state index in [2.05, 4.69) is 6.58 Å². The topological polar surface area (TPSA) is 65.1 Å². The highest BCUT2D eigenvalue weighted by Gasteiger charge is 2.50. The molecule has 0 bridgehead atoms. The van der Waals surface area contributed by atoms with E-state index >= 15 is 0 Å². The monoisotopic (exact) mass is 323 g/mol. The Labute approximate surface area is 137 Å². The first-order chi connectivity index (χ1) is 10.8. The van der Waals surface area contributed by atoms with Crippen LogP contribution in [0, 0.1) is 5.92 Å². The van der Waals surface area contributed by atoms with Gasteiger partial charge >= 0.3 is 12.1 Å². The number of nitrogens with zero attached hydrogens (tertiary/aromatic N) is 1. The summed E-state index contributed by atoms with van der Waals surface area (Å²) in [4.78, 5) is 26.1. The number of likely N-dealkylation sites (tertiary alicyclic amines) is 1. The Kier molecular flexibility index (Phi) is 5.14. The molecule has 128 valence electrons. The summed E-state index contributed by atoms with van der Waals surface area (Å²) in [6.07, 6.45) is 3.53. The Hall–Kier alpha value is -1.82. The fraction of sp³-hybridized carbons (Fsp3) is 0.647. The molecule has 0 N–H and O–H groups in total. The van der Waals surface area contributed by atoms with Crippen LogP contribution >= 0.6 is 0 Å². The van der Waals surface area contributed by atoms with Crippen molar-refractivity contribution < 1.29 is 23.8 Å². The molecule has 0 spiro atoms. The van der Waals surface area contributed by atoms with E-state index in [-0.39, 0.29) is 5.92 Å². The van der Waals surface area contributed by atoms with Crippen LogP contribution in [0.5, 0.6) is 0 Å². The van der Waals surface area contributed by atoms with Gasteiger partial charge < -0.3 is 14.2 Å². The maximum absolute atomic E-state index is 12.5. The fourth-order valence-corrected chi connectivity index (χ4v) is 3.02. The molecule has 1 amide bonds. The van der Waals surface area contributed by atoms with E-state index < -0.39 is 29.8 Å². The number of carbonyl (C=O) groups excluding carboxylic acids is 2. The van der Waals surface area contributed by atoms with Gasteiger partial charge in [-0.1, -0.05) is 18.7 Å². The molecule has 0 aromatic rings. The molecule has 2 heterocycles. The number of esters is 1. The molecule has 6 heteroatoms. The molecular formula is C17H25NO5. The van der Waals surface area contributed by atoms with Crippen LogP contribution in [-0.2, 0) is 19.0 Å². The minimum atomic E-state index is -0.780. The molecule has 0 radical (unpaired) electrons. The number of hydrogen-bond acceptors (Lipinski definition) is 5. The van der Waals surface area contributed by atoms with E-state index in [4.69, 9.17) is 14.2 Å². The lowest BCUT2D eigenvalue weighted by Gasteiger charge is -2.28. The largest absolute Gasteiger partial charge is 0.467 e. The third-order valence-corrected chi connectivity index (χ3v) is 4.01. The lowest BCUT2D eigenvalue weighted by molar-refractivity contribution is -0.150. The van der Waals surface area contributed by atoms with Crippen molar-refractivity contribution in [1.29, 1.82) is 0 Å². The number of methoxy groups -OCH3 is 1. The molecule has 23 heavy (non-hydrogen) atoms. The first-order valence-corrected chi connectivity index (χ1v) is 7.77. The molecule has 3 atom stereocenters. The third kappa shape index (κ3) is 3.93. The van der Waals surface area contributed by atoms with E-state index in [1.54, 1.807) is 26.8 Å². The van der Waals surface area contributed by atoms with Crippen molar-refractivity contribution in [2.24, 2.45) is 5.92 Å². The van der Waals surface area contributed by atoms with Crippen LogP contribution < -0.4 is 0 Å². The van der Waals surface area contributed by atoms with Gasteiger partial charge in [0.2, 0.25) is 0 Å². The van der Waals surface area contributed by atoms with Gasteiger partial charge in [-0.2, -0.15) is 0 Å². The Morgan fingerprint density at radius 2 is 2.13 bits per heavy atom. The summed E-state index contributed by atoms with van der Waals surface area (Å²) in [6.45, 7) is 9.95. The summed E-state index contributed by atoms with van der Waals surface area (Å²) in [7, 11) is 1.31. The quantitative estimate of drug-likeness (QED) is 0.730. The summed E-state index contributed by atoms with van der Waals surface area (Å²) in [5.41, 5.74) is 0.433. The van der Waals surface area contributed by atoms with E-state index in [1.807, 2.05) is 6.08 Å². The van der Waals surface area contributed by atoms with Crippen LogP contribution in [0.25, 0.3) is 0 Å². The van der Waals surface area contributed by atoms with E-state index in [0.29, 0.717) is 19.6 Å². The molecule has 2 aliphatic heterocycles. The van der Waals surface area contributed by atoms with Gasteiger partial charge in [0, 0.05) is 12.5 Å². The molecule has 0 aromatic heterocycles. The molecule has 1 saturated heterocycles. The highest BCUT2D eigenvalue weighted by molar-refractivity contribution is 5.83. The molecule has 2 unspecified atom stereocenters. The zero-order valence-corrected chi connectivity index (χ0v) is 14.2. The Bertz CT molecular complexity index is 520. The average Bonchev–Trinajstić information content (AvgIpc) is 2.70. The Morgan fingerprint density at radius 1 is 1.43 bits per heavy atom. The SMILES string of the molecule is C=CC1=CCOC2C(C(=O)OC)N(C(=O)OC(C)(C)C)C[C@@H]2C1. The number of ether oxygens (including phenoxy) is 3. The minimum Gasteiger partial charge on any atom is -0.467 e. The number of carbonyl (C=O) groups is 2. The maximum atomic E-state index is 12.5. The predicted molar refractivity (Wildman–Crippen MR) is 84.9 cm³/mol. The summed E-state index contributed by atoms with van der Waals surface area (Å²) < 4.78 is 16.1. The van der Waals surface area contributed by atoms with Gasteiger partial charge in [-0.05, 0) is 32.8 Å². The van der Waals surface area contributed by atoms with Gasteiger partial charge in [-0.3, -0.25) is 4.90 Å². The van der Waals surface area contributed by atoms with Gasteiger partial charge in [-0.15, -0.1) is 0 Å². The van der Waals surface area contributed by atoms with Crippen molar-refractivity contribution in [3.05, 3.63) is 24.3 Å². The van der Waals surface area contributed by atoms with Crippen LogP contribution in [0.15, 0.2) is 24.3 Å². The van der Waals surface area contributed by atoms with Crippen LogP contribution in [0.1, 0.15) is 27.2 Å². The summed E-state index contributed by atoms with van der Waals surface area (Å²) in [5, 5.41) is 0. The second-order valence-corrected chi connectivity index (χ2v) is 6.85. The van der Waals surface area contributed by atoms with E-state index in [1.165, 1.54) is 12.0 Å². The predicted octanol–water partition coefficient (Wildman–Crippen LogP) is 2.30. The van der Waals surface area contributed by atoms with Gasteiger partial charge in [0.05, 0.1) is 19.8 Å². The fourth-order valence-electron chi connectivity index (χ4n) is 3.02. The second-order valence-electron chi connectivity index (χ2n) is 6.85. The smallest absolute Gasteiger partial charge is 0.411 e. The summed E-state index contributed by atoms with van der Waals surface area (Å²) in [6, 6.07) is -0.780. The highest BCUT2D eigenvalue weighted by Crippen LogP contribution is 2.34. The normalized spacial score (nSPS) is 27.6. The first-order valence-electron chi connectivity index (χ1n) is 7.77. The highest BCUT2D eigenvalue weighted by atomic mass is 16.6. The van der Waals surface area contributed by atoms with Crippen molar-refractivity contribution in [2.45, 2.75) is 44.9 Å². The van der Waals surface area contributed by atoms with Crippen LogP contribution in [-0.4, -0.2) is 55.0 Å². The average molecular weight is 323 g/mol. The number of allylic oxidation sites excluding steroid dienone is 2. The first kappa shape index (κ1) is 17.5. The molecule has 1 fully saturated rings. The van der Waals surface area contributed by atoms with Crippen molar-refractivity contribution in [3.63, 3.8) is 0 Å². The van der Waals surface area contributed by atoms with Crippen LogP contribution in [0.4, 0.5) is 4.79 Å². The van der Waals surface area contributed by atoms with Crippen molar-refractivity contribution in [1.82, 2.24) is 4.90 Å². The van der Waals surface area contributed by atoms with Crippen molar-refractivity contribution in [3.8, 4) is 0 Å². The number of fused-ring (bicyclic) bond motifs is 1. The lowest BCUT2D eigenvalue weighted by Crippen LogP contribution is -2.48. The number of rotatable bonds is 2. The van der Waals surface area contributed by atoms with Crippen molar-refractivity contribution >= 4 is 12.1 Å². The maximum Gasteiger partial charge on any atom is 0.411 e. The number of amides is 1. The Balaban J connectivity index is 2.24. The number of hydrogen-bond donors (Lipinski definition) is 0. The van der Waals surface area contributed by atoms with Gasteiger partial charge in [-0.25, -0.2) is 9.59 Å². The zero-order valence-electron chi connectivity index (χ0n) is 14.2. The van der Waals surface area contributed by atoms with E-state index in [9.17, 15) is 9.59 Å². The zero-order chi connectivity index (χ0) is 17.2. The Morgan fingerprint density at radius 3 is 2.70 bits per heavy atom. The van der Waals surface area contributed by atoms with Crippen LogP contribution in [0.3, 0.4) is 0 Å². The minimum absolute atomic E-state index is 0.0124. The molecule has 2 aliphatic rings. The van der Waals surface area contributed by atoms with Gasteiger partial charge in [0.25, 0.3) is 0 Å². The lowest BCUT2D eigenvalue weighted by atomic mass is 9.94. The molecule has 0 saturated carbocycles. The molecular weight excluding hydrogens is 298 g/mol. The van der Waals surface area contributed by atoms with Gasteiger partial charge in [0.15, 0.2) is 6.04 Å². The second kappa shape index (κ2) is 6.74. The molecule has 0 aliphatic carbocycles. The molecule has 2 rings (SSSR count). The summed E-state index contributed by atoms with van der Waals surface area (Å²) >= 11 is 0. The molecule has 6 nitrogen and oxygen atoms in total.